The van der Waals surface area contributed by atoms with Gasteiger partial charge in [0, 0.05) is 6.54 Å². The summed E-state index contributed by atoms with van der Waals surface area (Å²) >= 11 is 0. The van der Waals surface area contributed by atoms with Crippen molar-refractivity contribution in [2.75, 3.05) is 0 Å². The molecule has 1 aromatic heterocycles. The highest BCUT2D eigenvalue weighted by Crippen LogP contribution is 2.30. The SMILES string of the molecule is CC(O)C(N)c1nc(C(=O)NCc2cc(F)cc(C(F)(F)F)c2)co1. The number of oxazole rings is 1. The molecule has 10 heteroatoms. The van der Waals surface area contributed by atoms with Gasteiger partial charge in [-0.3, -0.25) is 4.79 Å². The van der Waals surface area contributed by atoms with Crippen LogP contribution in [0.1, 0.15) is 40.5 Å². The molecule has 2 rings (SSSR count). The van der Waals surface area contributed by atoms with Gasteiger partial charge in [0.2, 0.25) is 5.89 Å². The molecule has 136 valence electrons. The molecular formula is C15H15F4N3O3. The number of aliphatic hydroxyl groups excluding tert-OH is 1. The molecule has 1 heterocycles. The molecule has 0 aliphatic rings. The van der Waals surface area contributed by atoms with Gasteiger partial charge in [-0.25, -0.2) is 9.37 Å². The lowest BCUT2D eigenvalue weighted by Gasteiger charge is -2.10. The summed E-state index contributed by atoms with van der Waals surface area (Å²) in [4.78, 5) is 15.7. The molecule has 2 aromatic rings. The second-order valence-corrected chi connectivity index (χ2v) is 5.37. The number of carbonyl (C=O) groups is 1. The van der Waals surface area contributed by atoms with E-state index in [0.717, 1.165) is 18.4 Å². The molecule has 4 N–H and O–H groups in total. The van der Waals surface area contributed by atoms with Gasteiger partial charge in [0.1, 0.15) is 18.1 Å². The van der Waals surface area contributed by atoms with Crippen LogP contribution in [0.4, 0.5) is 17.6 Å². The molecule has 2 atom stereocenters. The summed E-state index contributed by atoms with van der Waals surface area (Å²) in [6, 6.07) is 1.06. The molecule has 25 heavy (non-hydrogen) atoms. The second kappa shape index (κ2) is 7.19. The Bertz CT molecular complexity index is 759. The summed E-state index contributed by atoms with van der Waals surface area (Å²) in [6.07, 6.45) is -4.65. The van der Waals surface area contributed by atoms with Gasteiger partial charge in [-0.15, -0.1) is 0 Å². The Morgan fingerprint density at radius 3 is 2.68 bits per heavy atom. The fraction of sp³-hybridized carbons (Fsp3) is 0.333. The zero-order valence-electron chi connectivity index (χ0n) is 13.0. The molecule has 0 aliphatic carbocycles. The van der Waals surface area contributed by atoms with Gasteiger partial charge in [0.25, 0.3) is 5.91 Å². The lowest BCUT2D eigenvalue weighted by molar-refractivity contribution is -0.137. The zero-order chi connectivity index (χ0) is 18.8. The number of nitrogens with zero attached hydrogens (tertiary/aromatic N) is 1. The topological polar surface area (TPSA) is 101 Å². The Morgan fingerprint density at radius 1 is 1.40 bits per heavy atom. The third-order valence-corrected chi connectivity index (χ3v) is 3.30. The number of alkyl halides is 3. The Hall–Kier alpha value is -2.46. The van der Waals surface area contributed by atoms with E-state index in [0.29, 0.717) is 6.07 Å². The molecule has 1 amide bonds. The minimum Gasteiger partial charge on any atom is -0.446 e. The number of nitrogens with two attached hydrogens (primary N) is 1. The van der Waals surface area contributed by atoms with Gasteiger partial charge in [0.15, 0.2) is 5.69 Å². The van der Waals surface area contributed by atoms with Gasteiger partial charge in [-0.2, -0.15) is 13.2 Å². The van der Waals surface area contributed by atoms with Crippen molar-refractivity contribution in [3.63, 3.8) is 0 Å². The minimum atomic E-state index is -4.70. The zero-order valence-corrected chi connectivity index (χ0v) is 13.0. The number of halogens is 4. The van der Waals surface area contributed by atoms with Crippen molar-refractivity contribution < 1.29 is 31.9 Å². The van der Waals surface area contributed by atoms with Gasteiger partial charge >= 0.3 is 6.18 Å². The number of hydrogen-bond donors (Lipinski definition) is 3. The monoisotopic (exact) mass is 361 g/mol. The van der Waals surface area contributed by atoms with Crippen LogP contribution in [0.25, 0.3) is 0 Å². The normalized spacial score (nSPS) is 14.2. The van der Waals surface area contributed by atoms with Crippen LogP contribution in [0.3, 0.4) is 0 Å². The Kier molecular flexibility index (Phi) is 5.43. The van der Waals surface area contributed by atoms with E-state index in [1.165, 1.54) is 6.92 Å². The third-order valence-electron chi connectivity index (χ3n) is 3.30. The molecule has 0 radical (unpaired) electrons. The highest BCUT2D eigenvalue weighted by Gasteiger charge is 2.31. The lowest BCUT2D eigenvalue weighted by atomic mass is 10.1. The van der Waals surface area contributed by atoms with Crippen molar-refractivity contribution in [2.24, 2.45) is 5.73 Å². The molecular weight excluding hydrogens is 346 g/mol. The van der Waals surface area contributed by atoms with Gasteiger partial charge in [-0.05, 0) is 30.7 Å². The van der Waals surface area contributed by atoms with Crippen LogP contribution in [0.5, 0.6) is 0 Å². The van der Waals surface area contributed by atoms with Crippen LogP contribution in [0.15, 0.2) is 28.9 Å². The maximum absolute atomic E-state index is 13.3. The molecule has 2 unspecified atom stereocenters. The first-order chi connectivity index (χ1) is 11.6. The first-order valence-corrected chi connectivity index (χ1v) is 7.12. The number of rotatable bonds is 5. The fourth-order valence-electron chi connectivity index (χ4n) is 1.94. The van der Waals surface area contributed by atoms with E-state index in [1.54, 1.807) is 0 Å². The number of benzene rings is 1. The third kappa shape index (κ3) is 4.77. The summed E-state index contributed by atoms with van der Waals surface area (Å²) in [5.41, 5.74) is 4.22. The van der Waals surface area contributed by atoms with Crippen molar-refractivity contribution in [1.82, 2.24) is 10.3 Å². The van der Waals surface area contributed by atoms with Gasteiger partial charge in [-0.1, -0.05) is 0 Å². The number of aromatic nitrogens is 1. The van der Waals surface area contributed by atoms with Gasteiger partial charge < -0.3 is 20.6 Å². The largest absolute Gasteiger partial charge is 0.446 e. The van der Waals surface area contributed by atoms with Crippen LogP contribution in [-0.2, 0) is 12.7 Å². The predicted octanol–water partition coefficient (Wildman–Crippen LogP) is 2.14. The molecule has 0 saturated carbocycles. The molecule has 0 fully saturated rings. The summed E-state index contributed by atoms with van der Waals surface area (Å²) in [6.45, 7) is 1.07. The van der Waals surface area contributed by atoms with E-state index < -0.39 is 35.6 Å². The van der Waals surface area contributed by atoms with Crippen molar-refractivity contribution in [2.45, 2.75) is 31.8 Å². The van der Waals surface area contributed by atoms with Crippen molar-refractivity contribution in [3.05, 3.63) is 53.0 Å². The number of amides is 1. The van der Waals surface area contributed by atoms with Crippen molar-refractivity contribution in [3.8, 4) is 0 Å². The van der Waals surface area contributed by atoms with Crippen molar-refractivity contribution >= 4 is 5.91 Å². The second-order valence-electron chi connectivity index (χ2n) is 5.37. The van der Waals surface area contributed by atoms with E-state index in [1.807, 2.05) is 0 Å². The maximum Gasteiger partial charge on any atom is 0.416 e. The first-order valence-electron chi connectivity index (χ1n) is 7.12. The molecule has 0 spiro atoms. The van der Waals surface area contributed by atoms with Gasteiger partial charge in [0.05, 0.1) is 11.7 Å². The number of hydrogen-bond acceptors (Lipinski definition) is 5. The number of nitrogens with one attached hydrogen (secondary N) is 1. The minimum absolute atomic E-state index is 0.0646. The maximum atomic E-state index is 13.3. The Labute approximate surface area is 139 Å². The van der Waals surface area contributed by atoms with Crippen molar-refractivity contribution in [1.29, 1.82) is 0 Å². The predicted molar refractivity (Wildman–Crippen MR) is 77.7 cm³/mol. The van der Waals surface area contributed by atoms with E-state index in [2.05, 4.69) is 10.3 Å². The average Bonchev–Trinajstić information content (AvgIpc) is 3.00. The van der Waals surface area contributed by atoms with Crippen LogP contribution in [0.2, 0.25) is 0 Å². The highest BCUT2D eigenvalue weighted by atomic mass is 19.4. The van der Waals surface area contributed by atoms with Crippen LogP contribution < -0.4 is 11.1 Å². The average molecular weight is 361 g/mol. The molecule has 0 saturated heterocycles. The molecule has 1 aromatic carbocycles. The lowest BCUT2D eigenvalue weighted by Crippen LogP contribution is -2.25. The Morgan fingerprint density at radius 2 is 2.08 bits per heavy atom. The summed E-state index contributed by atoms with van der Waals surface area (Å²) in [5.74, 6) is -1.87. The van der Waals surface area contributed by atoms with Crippen LogP contribution in [0, 0.1) is 5.82 Å². The highest BCUT2D eigenvalue weighted by molar-refractivity contribution is 5.91. The molecule has 0 bridgehead atoms. The molecule has 6 nitrogen and oxygen atoms in total. The standard InChI is InChI=1S/C15H15F4N3O3/c1-7(23)12(20)14-22-11(6-25-14)13(24)21-5-8-2-9(15(17,18)19)4-10(16)3-8/h2-4,6-7,12,23H,5,20H2,1H3,(H,21,24). The summed E-state index contributed by atoms with van der Waals surface area (Å²) in [7, 11) is 0. The van der Waals surface area contributed by atoms with E-state index in [9.17, 15) is 27.5 Å². The smallest absolute Gasteiger partial charge is 0.416 e. The van der Waals surface area contributed by atoms with E-state index in [4.69, 9.17) is 10.2 Å². The number of aliphatic hydroxyl groups is 1. The summed E-state index contributed by atoms with van der Waals surface area (Å²) in [5, 5.41) is 11.6. The quantitative estimate of drug-likeness (QED) is 0.709. The van der Waals surface area contributed by atoms with E-state index in [-0.39, 0.29) is 23.7 Å². The fourth-order valence-corrected chi connectivity index (χ4v) is 1.94. The van der Waals surface area contributed by atoms with E-state index >= 15 is 0 Å². The Balaban J connectivity index is 2.07. The van der Waals surface area contributed by atoms with Crippen LogP contribution in [-0.4, -0.2) is 22.1 Å². The summed E-state index contributed by atoms with van der Waals surface area (Å²) < 4.78 is 56.2. The first kappa shape index (κ1) is 18.9. The van der Waals surface area contributed by atoms with Crippen LogP contribution >= 0.6 is 0 Å². The molecule has 0 aliphatic heterocycles. The number of carbonyl (C=O) groups excluding carboxylic acids is 1.